The lowest BCUT2D eigenvalue weighted by Gasteiger charge is -2.25. The lowest BCUT2D eigenvalue weighted by atomic mass is 9.78. The van der Waals surface area contributed by atoms with Gasteiger partial charge in [0.1, 0.15) is 0 Å². The summed E-state index contributed by atoms with van der Waals surface area (Å²) < 4.78 is 0. The van der Waals surface area contributed by atoms with Gasteiger partial charge in [0.05, 0.1) is 0 Å². The molecule has 0 nitrogen and oxygen atoms in total. The first kappa shape index (κ1) is 16.8. The third-order valence-electron chi connectivity index (χ3n) is 5.94. The van der Waals surface area contributed by atoms with Crippen molar-refractivity contribution in [1.29, 1.82) is 0 Å². The van der Waals surface area contributed by atoms with Gasteiger partial charge in [-0.2, -0.15) is 0 Å². The van der Waals surface area contributed by atoms with Gasteiger partial charge in [-0.15, -0.1) is 0 Å². The van der Waals surface area contributed by atoms with E-state index in [-0.39, 0.29) is 5.41 Å². The maximum Gasteiger partial charge on any atom is 0.0152 e. The van der Waals surface area contributed by atoms with Crippen molar-refractivity contribution >= 4 is 16.3 Å². The maximum atomic E-state index is 3.93. The molecular weight excluding hydrogens is 312 g/mol. The van der Waals surface area contributed by atoms with Gasteiger partial charge in [0.15, 0.2) is 0 Å². The lowest BCUT2D eigenvalue weighted by molar-refractivity contribution is 0.575. The summed E-state index contributed by atoms with van der Waals surface area (Å²) in [4.78, 5) is 0. The standard InChI is InChI=1S/C26H26/c1-5-9-22-23-15-14-21(17-25(23)26(3,4)24(22)6-2)20-13-12-18-10-7-8-11-19(18)16-20/h5-13,16-17H,1,14-15H2,2-4H3/b22-9-,24-6+. The minimum atomic E-state index is 0.0570. The van der Waals surface area contributed by atoms with Crippen LogP contribution in [0.3, 0.4) is 0 Å². The number of benzene rings is 2. The van der Waals surface area contributed by atoms with E-state index in [9.17, 15) is 0 Å². The molecule has 0 amide bonds. The van der Waals surface area contributed by atoms with Gasteiger partial charge in [-0.1, -0.05) is 81.1 Å². The zero-order valence-corrected chi connectivity index (χ0v) is 16.0. The first-order valence-corrected chi connectivity index (χ1v) is 9.50. The Morgan fingerprint density at radius 2 is 1.77 bits per heavy atom. The normalized spacial score (nSPS) is 22.0. The molecule has 0 saturated carbocycles. The van der Waals surface area contributed by atoms with E-state index in [1.54, 1.807) is 0 Å². The van der Waals surface area contributed by atoms with Crippen LogP contribution in [0.2, 0.25) is 0 Å². The van der Waals surface area contributed by atoms with Crippen LogP contribution >= 0.6 is 0 Å². The Morgan fingerprint density at radius 3 is 2.50 bits per heavy atom. The largest absolute Gasteiger partial charge is 0.0990 e. The second-order valence-corrected chi connectivity index (χ2v) is 7.77. The summed E-state index contributed by atoms with van der Waals surface area (Å²) in [6, 6.07) is 15.5. The van der Waals surface area contributed by atoms with Crippen LogP contribution in [0.5, 0.6) is 0 Å². The average molecular weight is 338 g/mol. The summed E-state index contributed by atoms with van der Waals surface area (Å²) in [5.74, 6) is 0. The van der Waals surface area contributed by atoms with Gasteiger partial charge in [0.2, 0.25) is 0 Å². The lowest BCUT2D eigenvalue weighted by Crippen LogP contribution is -2.13. The number of hydrogen-bond acceptors (Lipinski definition) is 0. The van der Waals surface area contributed by atoms with E-state index in [0.29, 0.717) is 0 Å². The molecule has 0 spiro atoms. The van der Waals surface area contributed by atoms with Crippen LogP contribution in [0.25, 0.3) is 16.3 Å². The molecule has 2 aliphatic carbocycles. The summed E-state index contributed by atoms with van der Waals surface area (Å²) >= 11 is 0. The number of fused-ring (bicyclic) bond motifs is 1. The van der Waals surface area contributed by atoms with Gasteiger partial charge in [-0.05, 0) is 70.0 Å². The van der Waals surface area contributed by atoms with Gasteiger partial charge < -0.3 is 0 Å². The fraction of sp³-hybridized carbons (Fsp3) is 0.231. The molecule has 26 heavy (non-hydrogen) atoms. The minimum absolute atomic E-state index is 0.0570. The Morgan fingerprint density at radius 1 is 1.00 bits per heavy atom. The third kappa shape index (κ3) is 2.52. The molecule has 0 bridgehead atoms. The van der Waals surface area contributed by atoms with Crippen LogP contribution in [0.15, 0.2) is 95.6 Å². The maximum absolute atomic E-state index is 3.93. The van der Waals surface area contributed by atoms with E-state index in [4.69, 9.17) is 0 Å². The van der Waals surface area contributed by atoms with Crippen molar-refractivity contribution in [2.45, 2.75) is 33.6 Å². The van der Waals surface area contributed by atoms with E-state index < -0.39 is 0 Å². The van der Waals surface area contributed by atoms with E-state index >= 15 is 0 Å². The van der Waals surface area contributed by atoms with Crippen molar-refractivity contribution in [1.82, 2.24) is 0 Å². The Hall–Kier alpha value is -2.60. The summed E-state index contributed by atoms with van der Waals surface area (Å²) in [6.07, 6.45) is 11.0. The molecule has 0 heteroatoms. The molecule has 2 aromatic carbocycles. The highest BCUT2D eigenvalue weighted by Crippen LogP contribution is 2.54. The van der Waals surface area contributed by atoms with Crippen LogP contribution in [-0.4, -0.2) is 0 Å². The average Bonchev–Trinajstić information content (AvgIpc) is 2.87. The van der Waals surface area contributed by atoms with Gasteiger partial charge in [0.25, 0.3) is 0 Å². The topological polar surface area (TPSA) is 0 Å². The van der Waals surface area contributed by atoms with Crippen molar-refractivity contribution in [2.24, 2.45) is 5.41 Å². The molecule has 0 fully saturated rings. The van der Waals surface area contributed by atoms with Gasteiger partial charge in [-0.3, -0.25) is 0 Å². The molecule has 0 saturated heterocycles. The zero-order valence-electron chi connectivity index (χ0n) is 16.0. The molecule has 0 atom stereocenters. The van der Waals surface area contributed by atoms with Crippen LogP contribution in [-0.2, 0) is 0 Å². The van der Waals surface area contributed by atoms with Gasteiger partial charge in [-0.25, -0.2) is 0 Å². The quantitative estimate of drug-likeness (QED) is 0.534. The van der Waals surface area contributed by atoms with Crippen LogP contribution in [0.1, 0.15) is 39.2 Å². The summed E-state index contributed by atoms with van der Waals surface area (Å²) in [5.41, 5.74) is 8.67. The second kappa shape index (κ2) is 6.29. The molecular formula is C26H26. The van der Waals surface area contributed by atoms with E-state index in [1.807, 2.05) is 6.08 Å². The monoisotopic (exact) mass is 338 g/mol. The number of hydrogen-bond donors (Lipinski definition) is 0. The fourth-order valence-corrected chi connectivity index (χ4v) is 4.65. The minimum Gasteiger partial charge on any atom is -0.0990 e. The van der Waals surface area contributed by atoms with Crippen molar-refractivity contribution in [3.8, 4) is 0 Å². The molecule has 0 N–H and O–H groups in total. The molecule has 2 aromatic rings. The van der Waals surface area contributed by atoms with Crippen molar-refractivity contribution in [2.75, 3.05) is 0 Å². The Balaban J connectivity index is 1.84. The number of allylic oxidation sites excluding steroid dienone is 9. The Kier molecular flexibility index (Phi) is 4.07. The molecule has 0 aliphatic heterocycles. The molecule has 130 valence electrons. The third-order valence-corrected chi connectivity index (χ3v) is 5.94. The highest BCUT2D eigenvalue weighted by Gasteiger charge is 2.39. The van der Waals surface area contributed by atoms with Crippen LogP contribution in [0, 0.1) is 5.41 Å². The molecule has 0 heterocycles. The van der Waals surface area contributed by atoms with E-state index in [1.165, 1.54) is 44.2 Å². The first-order chi connectivity index (χ1) is 12.6. The Labute approximate surface area is 156 Å². The summed E-state index contributed by atoms with van der Waals surface area (Å²) in [6.45, 7) is 10.8. The molecule has 0 aromatic heterocycles. The van der Waals surface area contributed by atoms with Crippen molar-refractivity contribution in [3.63, 3.8) is 0 Å². The highest BCUT2D eigenvalue weighted by molar-refractivity contribution is 5.87. The van der Waals surface area contributed by atoms with Crippen LogP contribution in [0.4, 0.5) is 0 Å². The molecule has 0 unspecified atom stereocenters. The molecule has 2 aliphatic rings. The predicted octanol–water partition coefficient (Wildman–Crippen LogP) is 7.41. The van der Waals surface area contributed by atoms with Crippen LogP contribution < -0.4 is 0 Å². The van der Waals surface area contributed by atoms with Gasteiger partial charge in [0, 0.05) is 5.41 Å². The van der Waals surface area contributed by atoms with E-state index in [0.717, 1.165) is 12.8 Å². The zero-order chi connectivity index (χ0) is 18.3. The highest BCUT2D eigenvalue weighted by atomic mass is 14.4. The molecule has 4 rings (SSSR count). The van der Waals surface area contributed by atoms with Crippen molar-refractivity contribution in [3.05, 3.63) is 101 Å². The summed E-state index contributed by atoms with van der Waals surface area (Å²) in [7, 11) is 0. The predicted molar refractivity (Wildman–Crippen MR) is 114 cm³/mol. The van der Waals surface area contributed by atoms with E-state index in [2.05, 4.69) is 88.0 Å². The SMILES string of the molecule is C=C/C=C1/C2=C(C=C(c3ccc4ccccc4c3)CC2)C(C)(C)/C1=C/C. The van der Waals surface area contributed by atoms with Gasteiger partial charge >= 0.3 is 0 Å². The first-order valence-electron chi connectivity index (χ1n) is 9.50. The van der Waals surface area contributed by atoms with Crippen molar-refractivity contribution < 1.29 is 0 Å². The molecule has 0 radical (unpaired) electrons. The fourth-order valence-electron chi connectivity index (χ4n) is 4.65. The Bertz CT molecular complexity index is 1020. The summed E-state index contributed by atoms with van der Waals surface area (Å²) in [5, 5.41) is 2.62. The number of rotatable bonds is 2. The smallest absolute Gasteiger partial charge is 0.0152 e. The second-order valence-electron chi connectivity index (χ2n) is 7.77.